The van der Waals surface area contributed by atoms with Gasteiger partial charge in [-0.05, 0) is 46.9 Å². The molecule has 1 aromatic heterocycles. The number of aliphatic hydroxyl groups excluding tert-OH is 2. The van der Waals surface area contributed by atoms with Gasteiger partial charge in [0.2, 0.25) is 5.95 Å². The van der Waals surface area contributed by atoms with Crippen LogP contribution in [0, 0.1) is 0 Å². The predicted octanol–water partition coefficient (Wildman–Crippen LogP) is 4.14. The van der Waals surface area contributed by atoms with Gasteiger partial charge in [0.15, 0.2) is 5.82 Å². The van der Waals surface area contributed by atoms with Gasteiger partial charge in [0, 0.05) is 28.8 Å². The Morgan fingerprint density at radius 3 is 2.31 bits per heavy atom. The third-order valence-electron chi connectivity index (χ3n) is 6.55. The second-order valence-corrected chi connectivity index (χ2v) is 10.7. The molecule has 0 aliphatic carbocycles. The molecule has 4 aromatic rings. The van der Waals surface area contributed by atoms with E-state index in [0.29, 0.717) is 59.4 Å². The molecule has 1 amide bonds. The number of aromatic nitrogens is 3. The Hall–Kier alpha value is -4.38. The number of nitrogen functional groups attached to an aromatic ring is 1. The van der Waals surface area contributed by atoms with Crippen molar-refractivity contribution >= 4 is 17.5 Å². The second-order valence-electron chi connectivity index (χ2n) is 10.7. The number of amides is 1. The van der Waals surface area contributed by atoms with E-state index in [4.69, 9.17) is 20.3 Å². The van der Waals surface area contributed by atoms with Crippen molar-refractivity contribution in [2.75, 3.05) is 37.5 Å². The molecule has 3 aromatic carbocycles. The monoisotopic (exact) mass is 571 g/mol. The number of hydrogen-bond donors (Lipinski definition) is 4. The van der Waals surface area contributed by atoms with Crippen molar-refractivity contribution < 1.29 is 24.5 Å². The lowest BCUT2D eigenvalue weighted by Gasteiger charge is -2.19. The maximum atomic E-state index is 13.0. The van der Waals surface area contributed by atoms with Gasteiger partial charge in [0.05, 0.1) is 26.4 Å². The van der Waals surface area contributed by atoms with Gasteiger partial charge in [0.1, 0.15) is 18.2 Å². The quantitative estimate of drug-likeness (QED) is 0.184. The molecular weight excluding hydrogens is 534 g/mol. The Morgan fingerprint density at radius 2 is 1.64 bits per heavy atom. The molecule has 10 heteroatoms. The van der Waals surface area contributed by atoms with Crippen molar-refractivity contribution in [1.29, 1.82) is 0 Å². The molecule has 5 N–H and O–H groups in total. The van der Waals surface area contributed by atoms with Gasteiger partial charge < -0.3 is 30.7 Å². The highest BCUT2D eigenvalue weighted by molar-refractivity contribution is 6.05. The van der Waals surface area contributed by atoms with Gasteiger partial charge in [0.25, 0.3) is 5.91 Å². The smallest absolute Gasteiger partial charge is 0.255 e. The Kier molecular flexibility index (Phi) is 10.2. The molecule has 0 spiro atoms. The van der Waals surface area contributed by atoms with Crippen LogP contribution in [0.1, 0.15) is 53.6 Å². The van der Waals surface area contributed by atoms with Crippen molar-refractivity contribution in [3.8, 4) is 17.1 Å². The zero-order valence-corrected chi connectivity index (χ0v) is 24.1. The minimum atomic E-state index is -0.345. The predicted molar refractivity (Wildman–Crippen MR) is 161 cm³/mol. The summed E-state index contributed by atoms with van der Waals surface area (Å²) in [5.41, 5.74) is 10.1. The number of hydrogen-bond acceptors (Lipinski definition) is 9. The maximum absolute atomic E-state index is 13.0. The molecule has 0 fully saturated rings. The van der Waals surface area contributed by atoms with E-state index in [1.165, 1.54) is 0 Å². The second kappa shape index (κ2) is 14.0. The first-order valence-electron chi connectivity index (χ1n) is 13.7. The number of nitrogens with one attached hydrogen (secondary N) is 1. The summed E-state index contributed by atoms with van der Waals surface area (Å²) >= 11 is 0. The number of carbonyl (C=O) groups is 1. The molecule has 0 bridgehead atoms. The molecular formula is C32H37N5O5. The number of anilines is 2. The van der Waals surface area contributed by atoms with Gasteiger partial charge in [-0.3, -0.25) is 4.79 Å². The van der Waals surface area contributed by atoms with Gasteiger partial charge >= 0.3 is 0 Å². The van der Waals surface area contributed by atoms with E-state index in [1.54, 1.807) is 30.3 Å². The van der Waals surface area contributed by atoms with Crippen LogP contribution in [0.4, 0.5) is 11.6 Å². The van der Waals surface area contributed by atoms with Crippen LogP contribution in [0.2, 0.25) is 0 Å². The van der Waals surface area contributed by atoms with E-state index in [1.807, 2.05) is 36.4 Å². The summed E-state index contributed by atoms with van der Waals surface area (Å²) in [5.74, 6) is 1.22. The fourth-order valence-corrected chi connectivity index (χ4v) is 4.31. The molecule has 42 heavy (non-hydrogen) atoms. The van der Waals surface area contributed by atoms with E-state index in [0.717, 1.165) is 11.1 Å². The molecule has 1 heterocycles. The maximum Gasteiger partial charge on any atom is 0.255 e. The van der Waals surface area contributed by atoms with Crippen LogP contribution in [0.3, 0.4) is 0 Å². The number of carbonyl (C=O) groups excluding carboxylic acids is 1. The Labute approximate surface area is 245 Å². The van der Waals surface area contributed by atoms with Crippen LogP contribution < -0.4 is 15.8 Å². The van der Waals surface area contributed by atoms with Crippen molar-refractivity contribution in [3.05, 3.63) is 94.8 Å². The van der Waals surface area contributed by atoms with E-state index < -0.39 is 0 Å². The Bertz CT molecular complexity index is 1490. The average Bonchev–Trinajstić information content (AvgIpc) is 2.97. The van der Waals surface area contributed by atoms with Gasteiger partial charge in [-0.25, -0.2) is 4.98 Å². The largest absolute Gasteiger partial charge is 0.491 e. The lowest BCUT2D eigenvalue weighted by Crippen LogP contribution is -2.15. The van der Waals surface area contributed by atoms with Gasteiger partial charge in [-0.1, -0.05) is 57.2 Å². The molecule has 0 saturated heterocycles. The topological polar surface area (TPSA) is 153 Å². The summed E-state index contributed by atoms with van der Waals surface area (Å²) in [6.07, 6.45) is 0.398. The van der Waals surface area contributed by atoms with Crippen LogP contribution in [0.5, 0.6) is 5.75 Å². The van der Waals surface area contributed by atoms with Crippen molar-refractivity contribution in [2.24, 2.45) is 0 Å². The lowest BCUT2D eigenvalue weighted by atomic mass is 9.86. The third-order valence-corrected chi connectivity index (χ3v) is 6.55. The molecule has 0 unspecified atom stereocenters. The molecule has 0 atom stereocenters. The molecule has 4 rings (SSSR count). The Balaban J connectivity index is 1.50. The van der Waals surface area contributed by atoms with Gasteiger partial charge in [-0.2, -0.15) is 9.97 Å². The van der Waals surface area contributed by atoms with Crippen LogP contribution in [-0.4, -0.2) is 57.5 Å². The number of rotatable bonds is 12. The van der Waals surface area contributed by atoms with Gasteiger partial charge in [-0.15, -0.1) is 0 Å². The highest BCUT2D eigenvalue weighted by Gasteiger charge is 2.18. The van der Waals surface area contributed by atoms with E-state index in [9.17, 15) is 9.90 Å². The standard InChI is InChI=1S/C32H37N5O5/c1-32(2,3)23-11-9-22(10-12-23)30(40)34-27-6-4-5-25(26(27)20-39)29-35-28(36-31(33)37-29)19-21-7-13-24(14-8-21)42-18-17-41-16-15-38/h4-14,38-39H,15-20H2,1-3H3,(H,34,40)(H2,33,35,36,37). The SMILES string of the molecule is CC(C)(C)c1ccc(C(=O)Nc2cccc(-c3nc(N)nc(Cc4ccc(OCCOCCO)cc4)n3)c2CO)cc1. The first kappa shape index (κ1) is 30.6. The summed E-state index contributed by atoms with van der Waals surface area (Å²) in [7, 11) is 0. The fourth-order valence-electron chi connectivity index (χ4n) is 4.31. The third kappa shape index (κ3) is 8.10. The normalized spacial score (nSPS) is 11.4. The highest BCUT2D eigenvalue weighted by atomic mass is 16.5. The number of ether oxygens (including phenoxy) is 2. The molecule has 10 nitrogen and oxygen atoms in total. The lowest BCUT2D eigenvalue weighted by molar-refractivity contribution is 0.0705. The first-order valence-corrected chi connectivity index (χ1v) is 13.7. The van der Waals surface area contributed by atoms with Crippen LogP contribution in [0.15, 0.2) is 66.7 Å². The number of nitrogens with zero attached hydrogens (tertiary/aromatic N) is 3. The summed E-state index contributed by atoms with van der Waals surface area (Å²) in [5, 5.41) is 22.0. The van der Waals surface area contributed by atoms with E-state index in [-0.39, 0.29) is 37.1 Å². The molecule has 0 aliphatic rings. The van der Waals surface area contributed by atoms with E-state index >= 15 is 0 Å². The fraction of sp³-hybridized carbons (Fsp3) is 0.312. The molecule has 220 valence electrons. The summed E-state index contributed by atoms with van der Waals surface area (Å²) in [6.45, 7) is 7.04. The molecule has 0 radical (unpaired) electrons. The summed E-state index contributed by atoms with van der Waals surface area (Å²) < 4.78 is 10.8. The van der Waals surface area contributed by atoms with Crippen molar-refractivity contribution in [2.45, 2.75) is 39.2 Å². The summed E-state index contributed by atoms with van der Waals surface area (Å²) in [4.78, 5) is 26.3. The van der Waals surface area contributed by atoms with Crippen LogP contribution >= 0.6 is 0 Å². The number of nitrogens with two attached hydrogens (primary N) is 1. The minimum Gasteiger partial charge on any atom is -0.491 e. The van der Waals surface area contributed by atoms with Crippen molar-refractivity contribution in [3.63, 3.8) is 0 Å². The molecule has 0 saturated carbocycles. The molecule has 0 aliphatic heterocycles. The minimum absolute atomic E-state index is 0.0196. The summed E-state index contributed by atoms with van der Waals surface area (Å²) in [6, 6.07) is 20.3. The van der Waals surface area contributed by atoms with Crippen molar-refractivity contribution in [1.82, 2.24) is 15.0 Å². The van der Waals surface area contributed by atoms with Crippen LogP contribution in [-0.2, 0) is 23.2 Å². The van der Waals surface area contributed by atoms with E-state index in [2.05, 4.69) is 41.0 Å². The zero-order chi connectivity index (χ0) is 30.1. The zero-order valence-electron chi connectivity index (χ0n) is 24.1. The first-order chi connectivity index (χ1) is 20.2. The number of benzene rings is 3. The van der Waals surface area contributed by atoms with Crippen LogP contribution in [0.25, 0.3) is 11.4 Å². The highest BCUT2D eigenvalue weighted by Crippen LogP contribution is 2.29. The average molecular weight is 572 g/mol. The number of aliphatic hydroxyl groups is 2. The Morgan fingerprint density at radius 1 is 0.905 bits per heavy atom.